The van der Waals surface area contributed by atoms with Crippen LogP contribution in [0.2, 0.25) is 0 Å². The molecule has 3 heteroatoms. The second-order valence-electron chi connectivity index (χ2n) is 2.63. The number of aromatic nitrogens is 2. The van der Waals surface area contributed by atoms with Crippen LogP contribution in [0.25, 0.3) is 0 Å². The van der Waals surface area contributed by atoms with Gasteiger partial charge in [0.15, 0.2) is 5.78 Å². The van der Waals surface area contributed by atoms with E-state index >= 15 is 0 Å². The van der Waals surface area contributed by atoms with Crippen LogP contribution in [0.15, 0.2) is 25.0 Å². The molecule has 0 amide bonds. The zero-order valence-corrected chi connectivity index (χ0v) is 7.16. The number of allylic oxidation sites excluding steroid dienone is 1. The van der Waals surface area contributed by atoms with Crippen molar-refractivity contribution in [2.75, 3.05) is 0 Å². The van der Waals surface area contributed by atoms with Gasteiger partial charge in [-0.2, -0.15) is 5.10 Å². The van der Waals surface area contributed by atoms with Gasteiger partial charge in [0.25, 0.3) is 0 Å². The Kier molecular flexibility index (Phi) is 2.80. The summed E-state index contributed by atoms with van der Waals surface area (Å²) in [6, 6.07) is 0. The third-order valence-electron chi connectivity index (χ3n) is 1.60. The Hall–Kier alpha value is -1.38. The predicted molar refractivity (Wildman–Crippen MR) is 47.0 cm³/mol. The Morgan fingerprint density at radius 2 is 2.58 bits per heavy atom. The molecule has 0 spiro atoms. The van der Waals surface area contributed by atoms with E-state index in [9.17, 15) is 4.79 Å². The minimum absolute atomic E-state index is 0.0554. The zero-order chi connectivity index (χ0) is 8.97. The van der Waals surface area contributed by atoms with Crippen molar-refractivity contribution in [1.82, 2.24) is 9.78 Å². The van der Waals surface area contributed by atoms with Gasteiger partial charge in [0.05, 0.1) is 11.8 Å². The first kappa shape index (κ1) is 8.71. The van der Waals surface area contributed by atoms with Gasteiger partial charge >= 0.3 is 0 Å². The van der Waals surface area contributed by atoms with E-state index < -0.39 is 0 Å². The third-order valence-corrected chi connectivity index (χ3v) is 1.60. The number of carbonyl (C=O) groups excluding carboxylic acids is 1. The minimum Gasteiger partial charge on any atom is -0.294 e. The highest BCUT2D eigenvalue weighted by Crippen LogP contribution is 1.99. The standard InChI is InChI=1S/C9H12N2O/c1-3-4-5-11-7-9(6-10-11)8(2)12/h3,6-7H,1,4-5H2,2H3. The Morgan fingerprint density at radius 3 is 3.08 bits per heavy atom. The molecule has 0 fully saturated rings. The smallest absolute Gasteiger partial charge is 0.162 e. The van der Waals surface area contributed by atoms with Crippen molar-refractivity contribution in [3.63, 3.8) is 0 Å². The van der Waals surface area contributed by atoms with Gasteiger partial charge in [0.2, 0.25) is 0 Å². The number of carbonyl (C=O) groups is 1. The van der Waals surface area contributed by atoms with Crippen molar-refractivity contribution >= 4 is 5.78 Å². The largest absolute Gasteiger partial charge is 0.294 e. The van der Waals surface area contributed by atoms with E-state index in [-0.39, 0.29) is 5.78 Å². The van der Waals surface area contributed by atoms with E-state index in [0.29, 0.717) is 5.56 Å². The third kappa shape index (κ3) is 2.05. The highest BCUT2D eigenvalue weighted by Gasteiger charge is 2.01. The summed E-state index contributed by atoms with van der Waals surface area (Å²) < 4.78 is 1.75. The molecule has 3 nitrogen and oxygen atoms in total. The molecule has 12 heavy (non-hydrogen) atoms. The van der Waals surface area contributed by atoms with Gasteiger partial charge < -0.3 is 0 Å². The van der Waals surface area contributed by atoms with Crippen molar-refractivity contribution < 1.29 is 4.79 Å². The second-order valence-corrected chi connectivity index (χ2v) is 2.63. The molecule has 0 aliphatic carbocycles. The van der Waals surface area contributed by atoms with Crippen molar-refractivity contribution in [2.45, 2.75) is 19.9 Å². The van der Waals surface area contributed by atoms with Crippen LogP contribution >= 0.6 is 0 Å². The van der Waals surface area contributed by atoms with Crippen LogP contribution in [-0.4, -0.2) is 15.6 Å². The van der Waals surface area contributed by atoms with Crippen molar-refractivity contribution in [2.24, 2.45) is 0 Å². The van der Waals surface area contributed by atoms with Gasteiger partial charge in [-0.25, -0.2) is 0 Å². The second kappa shape index (κ2) is 3.85. The zero-order valence-electron chi connectivity index (χ0n) is 7.16. The summed E-state index contributed by atoms with van der Waals surface area (Å²) in [6.07, 6.45) is 6.05. The maximum Gasteiger partial charge on any atom is 0.162 e. The van der Waals surface area contributed by atoms with Crippen molar-refractivity contribution in [3.05, 3.63) is 30.6 Å². The predicted octanol–water partition coefficient (Wildman–Crippen LogP) is 1.66. The Morgan fingerprint density at radius 1 is 1.83 bits per heavy atom. The quantitative estimate of drug-likeness (QED) is 0.501. The fourth-order valence-electron chi connectivity index (χ4n) is 0.891. The summed E-state index contributed by atoms with van der Waals surface area (Å²) in [5.41, 5.74) is 0.666. The average Bonchev–Trinajstić information content (AvgIpc) is 2.48. The van der Waals surface area contributed by atoms with E-state index in [4.69, 9.17) is 0 Å². The van der Waals surface area contributed by atoms with Crippen molar-refractivity contribution in [3.8, 4) is 0 Å². The topological polar surface area (TPSA) is 34.9 Å². The lowest BCUT2D eigenvalue weighted by Gasteiger charge is -1.94. The number of rotatable bonds is 4. The Labute approximate surface area is 71.7 Å². The van der Waals surface area contributed by atoms with Gasteiger partial charge in [-0.15, -0.1) is 6.58 Å². The van der Waals surface area contributed by atoms with Gasteiger partial charge in [-0.05, 0) is 13.3 Å². The van der Waals surface area contributed by atoms with E-state index in [2.05, 4.69) is 11.7 Å². The monoisotopic (exact) mass is 164 g/mol. The number of ketones is 1. The molecule has 0 atom stereocenters. The fourth-order valence-corrected chi connectivity index (χ4v) is 0.891. The first-order valence-corrected chi connectivity index (χ1v) is 3.88. The molecule has 64 valence electrons. The first-order valence-electron chi connectivity index (χ1n) is 3.88. The Bertz CT molecular complexity index is 288. The summed E-state index contributed by atoms with van der Waals surface area (Å²) in [5, 5.41) is 4.02. The lowest BCUT2D eigenvalue weighted by molar-refractivity contribution is 0.101. The number of aryl methyl sites for hydroxylation is 1. The van der Waals surface area contributed by atoms with E-state index in [0.717, 1.165) is 13.0 Å². The van der Waals surface area contributed by atoms with Crippen LogP contribution in [-0.2, 0) is 6.54 Å². The van der Waals surface area contributed by atoms with Crippen LogP contribution in [0.5, 0.6) is 0 Å². The minimum atomic E-state index is 0.0554. The molecule has 1 rings (SSSR count). The van der Waals surface area contributed by atoms with Crippen LogP contribution in [0.4, 0.5) is 0 Å². The maximum atomic E-state index is 10.9. The number of hydrogen-bond acceptors (Lipinski definition) is 2. The summed E-state index contributed by atoms with van der Waals surface area (Å²) in [4.78, 5) is 10.9. The Balaban J connectivity index is 2.64. The summed E-state index contributed by atoms with van der Waals surface area (Å²) in [7, 11) is 0. The van der Waals surface area contributed by atoms with Gasteiger partial charge in [-0.3, -0.25) is 9.48 Å². The highest BCUT2D eigenvalue weighted by molar-refractivity contribution is 5.93. The summed E-state index contributed by atoms with van der Waals surface area (Å²) in [5.74, 6) is 0.0554. The maximum absolute atomic E-state index is 10.9. The van der Waals surface area contributed by atoms with E-state index in [1.807, 2.05) is 6.08 Å². The van der Waals surface area contributed by atoms with Crippen molar-refractivity contribution in [1.29, 1.82) is 0 Å². The molecule has 0 bridgehead atoms. The van der Waals surface area contributed by atoms with Crippen LogP contribution in [0.3, 0.4) is 0 Å². The van der Waals surface area contributed by atoms with E-state index in [1.54, 1.807) is 17.1 Å². The molecular weight excluding hydrogens is 152 g/mol. The molecule has 0 aromatic carbocycles. The van der Waals surface area contributed by atoms with E-state index in [1.165, 1.54) is 6.92 Å². The van der Waals surface area contributed by atoms with Crippen LogP contribution < -0.4 is 0 Å². The first-order chi connectivity index (χ1) is 5.74. The van der Waals surface area contributed by atoms with Gasteiger partial charge in [0.1, 0.15) is 0 Å². The molecule has 1 aromatic heterocycles. The van der Waals surface area contributed by atoms with Crippen LogP contribution in [0, 0.1) is 0 Å². The molecule has 0 radical (unpaired) electrons. The molecule has 1 heterocycles. The lowest BCUT2D eigenvalue weighted by atomic mass is 10.3. The number of nitrogens with zero attached hydrogens (tertiary/aromatic N) is 2. The lowest BCUT2D eigenvalue weighted by Crippen LogP contribution is -1.96. The molecule has 0 saturated carbocycles. The summed E-state index contributed by atoms with van der Waals surface area (Å²) >= 11 is 0. The average molecular weight is 164 g/mol. The molecular formula is C9H12N2O. The summed E-state index contributed by atoms with van der Waals surface area (Å²) in [6.45, 7) is 5.93. The van der Waals surface area contributed by atoms with Gasteiger partial charge in [-0.1, -0.05) is 6.08 Å². The molecule has 0 aliphatic heterocycles. The number of Topliss-reactive ketones (excluding diaryl/α,β-unsaturated/α-hetero) is 1. The molecule has 1 aromatic rings. The molecule has 0 aliphatic rings. The SMILES string of the molecule is C=CCCn1cc(C(C)=O)cn1. The van der Waals surface area contributed by atoms with Gasteiger partial charge in [0, 0.05) is 12.7 Å². The number of hydrogen-bond donors (Lipinski definition) is 0. The normalized spacial score (nSPS) is 9.75. The van der Waals surface area contributed by atoms with Crippen LogP contribution in [0.1, 0.15) is 23.7 Å². The fraction of sp³-hybridized carbons (Fsp3) is 0.333. The highest BCUT2D eigenvalue weighted by atomic mass is 16.1. The molecule has 0 unspecified atom stereocenters. The molecule has 0 N–H and O–H groups in total. The molecule has 0 saturated heterocycles.